The van der Waals surface area contributed by atoms with Gasteiger partial charge in [0.2, 0.25) is 0 Å². The number of benzene rings is 1. The quantitative estimate of drug-likeness (QED) is 0.759. The maximum absolute atomic E-state index is 12.8. The van der Waals surface area contributed by atoms with Crippen LogP contribution in [0.3, 0.4) is 0 Å². The number of esters is 1. The molecule has 1 saturated carbocycles. The van der Waals surface area contributed by atoms with Gasteiger partial charge >= 0.3 is 5.97 Å². The summed E-state index contributed by atoms with van der Waals surface area (Å²) >= 11 is 0. The first kappa shape index (κ1) is 13.7. The van der Waals surface area contributed by atoms with E-state index in [2.05, 4.69) is 20.8 Å². The maximum Gasteiger partial charge on any atom is 0.318 e. The molecular weight excluding hydrogens is 276 g/mol. The first-order valence-corrected chi connectivity index (χ1v) is 7.75. The summed E-state index contributed by atoms with van der Waals surface area (Å²) < 4.78 is 5.20. The number of methoxy groups -OCH3 is 1. The fourth-order valence-corrected chi connectivity index (χ4v) is 4.67. The van der Waals surface area contributed by atoms with Gasteiger partial charge in [0, 0.05) is 5.41 Å². The molecule has 2 bridgehead atoms. The van der Waals surface area contributed by atoms with Crippen LogP contribution in [0.15, 0.2) is 24.3 Å². The second-order valence-corrected chi connectivity index (χ2v) is 7.26. The Morgan fingerprint density at radius 2 is 1.64 bits per heavy atom. The SMILES string of the molecule is COC(=O)C12CCC(C)(c3nc4ccccc4nc31)C2(C)C. The minimum absolute atomic E-state index is 0.145. The second kappa shape index (κ2) is 3.86. The first-order chi connectivity index (χ1) is 10.4. The van der Waals surface area contributed by atoms with Gasteiger partial charge in [0.05, 0.1) is 29.5 Å². The Morgan fingerprint density at radius 3 is 2.23 bits per heavy atom. The van der Waals surface area contributed by atoms with Crippen LogP contribution in [0.1, 0.15) is 45.0 Å². The van der Waals surface area contributed by atoms with E-state index in [0.29, 0.717) is 0 Å². The van der Waals surface area contributed by atoms with Crippen molar-refractivity contribution in [2.45, 2.75) is 44.4 Å². The monoisotopic (exact) mass is 296 g/mol. The van der Waals surface area contributed by atoms with E-state index in [4.69, 9.17) is 14.7 Å². The van der Waals surface area contributed by atoms with Crippen molar-refractivity contribution in [3.8, 4) is 0 Å². The minimum Gasteiger partial charge on any atom is -0.468 e. The van der Waals surface area contributed by atoms with Crippen LogP contribution in [0.5, 0.6) is 0 Å². The maximum atomic E-state index is 12.8. The van der Waals surface area contributed by atoms with Crippen LogP contribution in [0, 0.1) is 5.41 Å². The van der Waals surface area contributed by atoms with Gasteiger partial charge in [0.25, 0.3) is 0 Å². The lowest BCUT2D eigenvalue weighted by Crippen LogP contribution is -2.46. The van der Waals surface area contributed by atoms with Crippen LogP contribution in [0.4, 0.5) is 0 Å². The zero-order valence-electron chi connectivity index (χ0n) is 13.4. The van der Waals surface area contributed by atoms with Crippen molar-refractivity contribution in [2.24, 2.45) is 5.41 Å². The highest BCUT2D eigenvalue weighted by Gasteiger charge is 2.73. The van der Waals surface area contributed by atoms with Crippen LogP contribution >= 0.6 is 0 Å². The molecule has 0 radical (unpaired) electrons. The van der Waals surface area contributed by atoms with Crippen LogP contribution in [0.2, 0.25) is 0 Å². The van der Waals surface area contributed by atoms with Gasteiger partial charge in [-0.1, -0.05) is 32.9 Å². The van der Waals surface area contributed by atoms with E-state index >= 15 is 0 Å². The average Bonchev–Trinajstić information content (AvgIpc) is 2.81. The highest BCUT2D eigenvalue weighted by Crippen LogP contribution is 2.70. The number of aromatic nitrogens is 2. The molecule has 4 nitrogen and oxygen atoms in total. The highest BCUT2D eigenvalue weighted by molar-refractivity contribution is 5.89. The number of hydrogen-bond donors (Lipinski definition) is 0. The molecule has 114 valence electrons. The van der Waals surface area contributed by atoms with Crippen molar-refractivity contribution in [2.75, 3.05) is 7.11 Å². The molecule has 0 amide bonds. The van der Waals surface area contributed by atoms with Crippen molar-refractivity contribution in [1.82, 2.24) is 9.97 Å². The Hall–Kier alpha value is -1.97. The Kier molecular flexibility index (Phi) is 2.40. The Bertz CT molecular complexity index is 814. The number of para-hydroxylation sites is 2. The molecule has 0 N–H and O–H groups in total. The van der Waals surface area contributed by atoms with Gasteiger partial charge < -0.3 is 4.74 Å². The van der Waals surface area contributed by atoms with Gasteiger partial charge in [-0.2, -0.15) is 0 Å². The second-order valence-electron chi connectivity index (χ2n) is 7.26. The summed E-state index contributed by atoms with van der Waals surface area (Å²) in [5.41, 5.74) is 2.47. The minimum atomic E-state index is -0.678. The van der Waals surface area contributed by atoms with E-state index in [1.54, 1.807) is 0 Å². The molecule has 1 fully saturated rings. The third-order valence-electron chi connectivity index (χ3n) is 6.48. The summed E-state index contributed by atoms with van der Waals surface area (Å²) in [7, 11) is 1.47. The molecule has 2 aromatic rings. The van der Waals surface area contributed by atoms with Crippen LogP contribution < -0.4 is 0 Å². The van der Waals surface area contributed by atoms with E-state index in [0.717, 1.165) is 35.3 Å². The highest BCUT2D eigenvalue weighted by atomic mass is 16.5. The Balaban J connectivity index is 2.12. The van der Waals surface area contributed by atoms with Gasteiger partial charge in [0.15, 0.2) is 0 Å². The molecule has 2 aliphatic carbocycles. The van der Waals surface area contributed by atoms with Gasteiger partial charge in [0.1, 0.15) is 5.41 Å². The van der Waals surface area contributed by atoms with Crippen LogP contribution in [0.25, 0.3) is 11.0 Å². The van der Waals surface area contributed by atoms with E-state index in [1.807, 2.05) is 24.3 Å². The number of carbonyl (C=O) groups excluding carboxylic acids is 1. The molecule has 2 atom stereocenters. The number of rotatable bonds is 1. The molecule has 2 aliphatic rings. The molecule has 4 rings (SSSR count). The first-order valence-electron chi connectivity index (χ1n) is 7.75. The summed E-state index contributed by atoms with van der Waals surface area (Å²) in [4.78, 5) is 22.5. The van der Waals surface area contributed by atoms with E-state index in [9.17, 15) is 4.79 Å². The van der Waals surface area contributed by atoms with Gasteiger partial charge in [-0.05, 0) is 30.4 Å². The largest absolute Gasteiger partial charge is 0.468 e. The normalized spacial score (nSPS) is 31.3. The number of fused-ring (bicyclic) bond motifs is 6. The van der Waals surface area contributed by atoms with Crippen molar-refractivity contribution >= 4 is 17.0 Å². The third kappa shape index (κ3) is 1.20. The van der Waals surface area contributed by atoms with Gasteiger partial charge in [-0.25, -0.2) is 9.97 Å². The van der Waals surface area contributed by atoms with Gasteiger partial charge in [-0.3, -0.25) is 4.79 Å². The summed E-state index contributed by atoms with van der Waals surface area (Å²) in [5, 5.41) is 0. The molecule has 0 saturated heterocycles. The van der Waals surface area contributed by atoms with Crippen molar-refractivity contribution in [1.29, 1.82) is 0 Å². The van der Waals surface area contributed by atoms with E-state index < -0.39 is 5.41 Å². The van der Waals surface area contributed by atoms with Crippen molar-refractivity contribution in [3.63, 3.8) is 0 Å². The molecule has 1 aromatic carbocycles. The van der Waals surface area contributed by atoms with Crippen molar-refractivity contribution < 1.29 is 9.53 Å². The number of hydrogen-bond acceptors (Lipinski definition) is 4. The molecule has 2 unspecified atom stereocenters. The zero-order chi connectivity index (χ0) is 15.8. The summed E-state index contributed by atoms with van der Waals surface area (Å²) in [6, 6.07) is 7.86. The summed E-state index contributed by atoms with van der Waals surface area (Å²) in [6.45, 7) is 6.53. The van der Waals surface area contributed by atoms with Gasteiger partial charge in [-0.15, -0.1) is 0 Å². The predicted octanol–water partition coefficient (Wildman–Crippen LogP) is 3.13. The summed E-state index contributed by atoms with van der Waals surface area (Å²) in [6.07, 6.45) is 1.72. The Morgan fingerprint density at radius 1 is 1.05 bits per heavy atom. The molecule has 4 heteroatoms. The van der Waals surface area contributed by atoms with Crippen LogP contribution in [-0.2, 0) is 20.4 Å². The summed E-state index contributed by atoms with van der Waals surface area (Å²) in [5.74, 6) is -0.176. The molecule has 1 aromatic heterocycles. The van der Waals surface area contributed by atoms with Crippen LogP contribution in [-0.4, -0.2) is 23.0 Å². The molecular formula is C18H20N2O2. The predicted molar refractivity (Wildman–Crippen MR) is 83.6 cm³/mol. The standard InChI is InChI=1S/C18H20N2O2/c1-16(2)17(3)9-10-18(16,15(21)22-4)14-13(17)19-11-7-5-6-8-12(11)20-14/h5-8H,9-10H2,1-4H3. The number of ether oxygens (including phenoxy) is 1. The lowest BCUT2D eigenvalue weighted by Gasteiger charge is -2.38. The smallest absolute Gasteiger partial charge is 0.318 e. The lowest BCUT2D eigenvalue weighted by atomic mass is 9.64. The number of nitrogens with zero attached hydrogens (tertiary/aromatic N) is 2. The topological polar surface area (TPSA) is 52.1 Å². The molecule has 0 spiro atoms. The van der Waals surface area contributed by atoms with Crippen molar-refractivity contribution in [3.05, 3.63) is 35.7 Å². The molecule has 1 heterocycles. The average molecular weight is 296 g/mol. The van der Waals surface area contributed by atoms with E-state index in [-0.39, 0.29) is 16.8 Å². The molecule has 22 heavy (non-hydrogen) atoms. The fourth-order valence-electron chi connectivity index (χ4n) is 4.67. The Labute approximate surface area is 129 Å². The lowest BCUT2D eigenvalue weighted by molar-refractivity contribution is -0.151. The van der Waals surface area contributed by atoms with E-state index in [1.165, 1.54) is 7.11 Å². The number of carbonyl (C=O) groups is 1. The fraction of sp³-hybridized carbons (Fsp3) is 0.500. The zero-order valence-corrected chi connectivity index (χ0v) is 13.4. The molecule has 0 aliphatic heterocycles. The third-order valence-corrected chi connectivity index (χ3v) is 6.48.